The van der Waals surface area contributed by atoms with Gasteiger partial charge in [-0.25, -0.2) is 0 Å². The average Bonchev–Trinajstić information content (AvgIpc) is 2.87. The van der Waals surface area contributed by atoms with E-state index in [1.165, 1.54) is 19.3 Å². The summed E-state index contributed by atoms with van der Waals surface area (Å²) in [4.78, 5) is 11.0. The van der Waals surface area contributed by atoms with E-state index in [4.69, 9.17) is 4.74 Å². The predicted octanol–water partition coefficient (Wildman–Crippen LogP) is 4.23. The van der Waals surface area contributed by atoms with Gasteiger partial charge in [0.25, 0.3) is 0 Å². The number of para-hydroxylation sites is 1. The van der Waals surface area contributed by atoms with Crippen molar-refractivity contribution >= 4 is 11.4 Å². The summed E-state index contributed by atoms with van der Waals surface area (Å²) in [5.74, 6) is 1.65. The number of anilines is 1. The molecule has 0 amide bonds. The molecule has 1 fully saturated rings. The largest absolute Gasteiger partial charge is 0.487 e. The van der Waals surface area contributed by atoms with E-state index in [1.807, 2.05) is 6.92 Å². The van der Waals surface area contributed by atoms with Crippen LogP contribution in [0.3, 0.4) is 0 Å². The second kappa shape index (κ2) is 7.29. The molecule has 1 aromatic carbocycles. The molecule has 1 aromatic rings. The molecule has 116 valence electrons. The highest BCUT2D eigenvalue weighted by molar-refractivity contribution is 5.68. The monoisotopic (exact) mass is 292 g/mol. The number of nitro benzene ring substituents is 1. The lowest BCUT2D eigenvalue weighted by atomic mass is 9.98. The van der Waals surface area contributed by atoms with Crippen molar-refractivity contribution < 1.29 is 9.66 Å². The Morgan fingerprint density at radius 1 is 1.43 bits per heavy atom. The second-order valence-electron chi connectivity index (χ2n) is 5.81. The molecule has 0 aliphatic heterocycles. The van der Waals surface area contributed by atoms with Crippen molar-refractivity contribution in [3.63, 3.8) is 0 Å². The number of nitro groups is 1. The number of ether oxygens (including phenoxy) is 1. The molecule has 2 unspecified atom stereocenters. The van der Waals surface area contributed by atoms with E-state index in [0.717, 1.165) is 13.0 Å². The lowest BCUT2D eigenvalue weighted by Gasteiger charge is -2.17. The van der Waals surface area contributed by atoms with Gasteiger partial charge in [0.1, 0.15) is 5.69 Å². The van der Waals surface area contributed by atoms with Gasteiger partial charge in [-0.1, -0.05) is 32.8 Å². The Morgan fingerprint density at radius 3 is 2.86 bits per heavy atom. The molecule has 1 aliphatic rings. The smallest absolute Gasteiger partial charge is 0.333 e. The average molecular weight is 292 g/mol. The van der Waals surface area contributed by atoms with Gasteiger partial charge in [0.15, 0.2) is 5.75 Å². The maximum atomic E-state index is 11.4. The molecule has 2 atom stereocenters. The first-order valence-corrected chi connectivity index (χ1v) is 7.77. The summed E-state index contributed by atoms with van der Waals surface area (Å²) in [6, 6.07) is 5.23. The number of nitrogens with one attached hydrogen (secondary N) is 1. The van der Waals surface area contributed by atoms with Crippen LogP contribution < -0.4 is 10.1 Å². The number of benzene rings is 1. The number of hydrogen-bond acceptors (Lipinski definition) is 4. The number of rotatable bonds is 7. The Morgan fingerprint density at radius 2 is 2.24 bits per heavy atom. The van der Waals surface area contributed by atoms with E-state index in [-0.39, 0.29) is 10.6 Å². The van der Waals surface area contributed by atoms with Crippen molar-refractivity contribution in [3.05, 3.63) is 28.3 Å². The maximum Gasteiger partial charge on any atom is 0.333 e. The fraction of sp³-hybridized carbons (Fsp3) is 0.625. The lowest BCUT2D eigenvalue weighted by molar-refractivity contribution is -0.385. The fourth-order valence-electron chi connectivity index (χ4n) is 2.95. The maximum absolute atomic E-state index is 11.4. The molecular weight excluding hydrogens is 268 g/mol. The molecule has 2 rings (SSSR count). The molecule has 0 aromatic heterocycles. The summed E-state index contributed by atoms with van der Waals surface area (Å²) in [5.41, 5.74) is 0.615. The number of hydrogen-bond donors (Lipinski definition) is 1. The van der Waals surface area contributed by atoms with Crippen molar-refractivity contribution in [2.24, 2.45) is 11.8 Å². The molecule has 1 aliphatic carbocycles. The van der Waals surface area contributed by atoms with Crippen LogP contribution in [0, 0.1) is 22.0 Å². The highest BCUT2D eigenvalue weighted by Crippen LogP contribution is 2.36. The van der Waals surface area contributed by atoms with Crippen LogP contribution >= 0.6 is 0 Å². The second-order valence-corrected chi connectivity index (χ2v) is 5.81. The van der Waals surface area contributed by atoms with Gasteiger partial charge >= 0.3 is 5.69 Å². The highest BCUT2D eigenvalue weighted by Gasteiger charge is 2.25. The summed E-state index contributed by atoms with van der Waals surface area (Å²) in [5, 5.41) is 14.6. The normalized spacial score (nSPS) is 21.2. The van der Waals surface area contributed by atoms with Crippen LogP contribution in [-0.2, 0) is 0 Å². The van der Waals surface area contributed by atoms with Crippen LogP contribution in [-0.4, -0.2) is 18.1 Å². The van der Waals surface area contributed by atoms with Crippen LogP contribution in [0.2, 0.25) is 0 Å². The molecule has 21 heavy (non-hydrogen) atoms. The Balaban J connectivity index is 2.12. The van der Waals surface area contributed by atoms with E-state index >= 15 is 0 Å². The van der Waals surface area contributed by atoms with Crippen molar-refractivity contribution in [1.82, 2.24) is 0 Å². The van der Waals surface area contributed by atoms with Gasteiger partial charge in [0, 0.05) is 6.54 Å². The predicted molar refractivity (Wildman–Crippen MR) is 83.9 cm³/mol. The first-order valence-electron chi connectivity index (χ1n) is 7.77. The van der Waals surface area contributed by atoms with Gasteiger partial charge in [0.2, 0.25) is 0 Å². The third-order valence-corrected chi connectivity index (χ3v) is 4.24. The van der Waals surface area contributed by atoms with E-state index in [2.05, 4.69) is 12.2 Å². The molecule has 1 N–H and O–H groups in total. The molecular formula is C16H24N2O3. The minimum Gasteiger partial charge on any atom is -0.487 e. The summed E-state index contributed by atoms with van der Waals surface area (Å²) in [6.07, 6.45) is 4.55. The molecule has 0 saturated heterocycles. The van der Waals surface area contributed by atoms with Crippen LogP contribution in [0.4, 0.5) is 11.4 Å². The van der Waals surface area contributed by atoms with Crippen molar-refractivity contribution in [2.45, 2.75) is 39.5 Å². The van der Waals surface area contributed by atoms with Crippen LogP contribution in [0.15, 0.2) is 18.2 Å². The van der Waals surface area contributed by atoms with E-state index in [9.17, 15) is 10.1 Å². The van der Waals surface area contributed by atoms with Gasteiger partial charge in [-0.3, -0.25) is 10.1 Å². The topological polar surface area (TPSA) is 64.4 Å². The molecule has 5 heteroatoms. The molecule has 0 heterocycles. The Bertz CT molecular complexity index is 490. The molecule has 1 saturated carbocycles. The van der Waals surface area contributed by atoms with Crippen molar-refractivity contribution in [1.29, 1.82) is 0 Å². The van der Waals surface area contributed by atoms with Crippen LogP contribution in [0.25, 0.3) is 0 Å². The third-order valence-electron chi connectivity index (χ3n) is 4.24. The summed E-state index contributed by atoms with van der Waals surface area (Å²) in [7, 11) is 0. The summed E-state index contributed by atoms with van der Waals surface area (Å²) in [6.45, 7) is 5.52. The van der Waals surface area contributed by atoms with Crippen LogP contribution in [0.5, 0.6) is 5.75 Å². The van der Waals surface area contributed by atoms with Gasteiger partial charge in [-0.15, -0.1) is 0 Å². The van der Waals surface area contributed by atoms with Gasteiger partial charge in [-0.05, 0) is 36.8 Å². The Kier molecular flexibility index (Phi) is 5.42. The zero-order chi connectivity index (χ0) is 15.2. The summed E-state index contributed by atoms with van der Waals surface area (Å²) >= 11 is 0. The van der Waals surface area contributed by atoms with Crippen LogP contribution in [0.1, 0.15) is 39.5 Å². The zero-order valence-electron chi connectivity index (χ0n) is 12.8. The first kappa shape index (κ1) is 15.6. The van der Waals surface area contributed by atoms with Crippen molar-refractivity contribution in [2.75, 3.05) is 18.5 Å². The standard InChI is InChI=1S/C16H24N2O3/c1-3-10-21-15-9-5-8-14(16(15)18(19)20)17-11-13-7-4-6-12(13)2/h5,8-9,12-13,17H,3-4,6-7,10-11H2,1-2H3. The molecule has 0 bridgehead atoms. The summed E-state index contributed by atoms with van der Waals surface area (Å²) < 4.78 is 5.50. The zero-order valence-corrected chi connectivity index (χ0v) is 12.8. The number of nitrogens with zero attached hydrogens (tertiary/aromatic N) is 1. The quantitative estimate of drug-likeness (QED) is 0.603. The first-order chi connectivity index (χ1) is 10.1. The van der Waals surface area contributed by atoms with E-state index in [1.54, 1.807) is 18.2 Å². The molecule has 0 spiro atoms. The van der Waals surface area contributed by atoms with Gasteiger partial charge < -0.3 is 10.1 Å². The Hall–Kier alpha value is -1.78. The Labute approximate surface area is 125 Å². The molecule has 0 radical (unpaired) electrons. The van der Waals surface area contributed by atoms with E-state index in [0.29, 0.717) is 29.9 Å². The SMILES string of the molecule is CCCOc1cccc(NCC2CCCC2C)c1[N+](=O)[O-]. The van der Waals surface area contributed by atoms with Gasteiger partial charge in [0.05, 0.1) is 11.5 Å². The highest BCUT2D eigenvalue weighted by atomic mass is 16.6. The molecule has 5 nitrogen and oxygen atoms in total. The van der Waals surface area contributed by atoms with E-state index < -0.39 is 0 Å². The lowest BCUT2D eigenvalue weighted by Crippen LogP contribution is -2.17. The third kappa shape index (κ3) is 3.86. The minimum absolute atomic E-state index is 0.0524. The van der Waals surface area contributed by atoms with Gasteiger partial charge in [-0.2, -0.15) is 0 Å². The fourth-order valence-corrected chi connectivity index (χ4v) is 2.95. The van der Waals surface area contributed by atoms with Crippen molar-refractivity contribution in [3.8, 4) is 5.75 Å². The minimum atomic E-state index is -0.356.